The number of likely N-dealkylation sites (tertiary alicyclic amines) is 1. The van der Waals surface area contributed by atoms with E-state index < -0.39 is 0 Å². The van der Waals surface area contributed by atoms with Crippen molar-refractivity contribution < 1.29 is 9.32 Å². The third-order valence-electron chi connectivity index (χ3n) is 4.79. The second kappa shape index (κ2) is 6.89. The summed E-state index contributed by atoms with van der Waals surface area (Å²) in [5.74, 6) is 0.339. The molecule has 0 amide bonds. The molecule has 0 radical (unpaired) electrons. The molecule has 1 saturated heterocycles. The van der Waals surface area contributed by atoms with Gasteiger partial charge in [0.05, 0.1) is 5.69 Å². The number of piperidine rings is 1. The molecule has 4 nitrogen and oxygen atoms in total. The van der Waals surface area contributed by atoms with Gasteiger partial charge in [-0.05, 0) is 30.4 Å². The Morgan fingerprint density at radius 2 is 2.00 bits per heavy atom. The fourth-order valence-corrected chi connectivity index (χ4v) is 3.33. The van der Waals surface area contributed by atoms with E-state index in [1.165, 1.54) is 5.56 Å². The monoisotopic (exact) mass is 326 g/mol. The van der Waals surface area contributed by atoms with Crippen LogP contribution in [0.4, 0.5) is 0 Å². The first-order chi connectivity index (χ1) is 11.4. The Balaban J connectivity index is 1.65. The Hall–Kier alpha value is -1.94. The minimum absolute atomic E-state index is 0.0751. The first-order valence-electron chi connectivity index (χ1n) is 8.70. The van der Waals surface area contributed by atoms with E-state index in [9.17, 15) is 4.79 Å². The van der Waals surface area contributed by atoms with Crippen molar-refractivity contribution >= 4 is 5.78 Å². The summed E-state index contributed by atoms with van der Waals surface area (Å²) in [4.78, 5) is 15.1. The summed E-state index contributed by atoms with van der Waals surface area (Å²) in [5.41, 5.74) is 3.13. The minimum Gasteiger partial charge on any atom is -0.364 e. The fourth-order valence-electron chi connectivity index (χ4n) is 3.33. The van der Waals surface area contributed by atoms with Gasteiger partial charge in [0.1, 0.15) is 6.26 Å². The number of rotatable bonds is 4. The molecule has 4 heteroatoms. The molecule has 1 aliphatic rings. The van der Waals surface area contributed by atoms with Crippen LogP contribution in [0.15, 0.2) is 41.1 Å². The van der Waals surface area contributed by atoms with Crippen molar-refractivity contribution in [1.82, 2.24) is 10.1 Å². The molecule has 3 rings (SSSR count). The lowest BCUT2D eigenvalue weighted by molar-refractivity contribution is 0.0809. The topological polar surface area (TPSA) is 46.3 Å². The summed E-state index contributed by atoms with van der Waals surface area (Å²) in [7, 11) is 0. The number of ketones is 1. The number of benzene rings is 1. The van der Waals surface area contributed by atoms with Gasteiger partial charge in [0.15, 0.2) is 5.78 Å². The lowest BCUT2D eigenvalue weighted by atomic mass is 9.85. The molecule has 24 heavy (non-hydrogen) atoms. The van der Waals surface area contributed by atoms with Gasteiger partial charge in [-0.25, -0.2) is 0 Å². The first kappa shape index (κ1) is 16.9. The van der Waals surface area contributed by atoms with Crippen molar-refractivity contribution in [3.8, 4) is 0 Å². The van der Waals surface area contributed by atoms with Crippen LogP contribution in [0, 0.1) is 5.92 Å². The van der Waals surface area contributed by atoms with E-state index in [2.05, 4.69) is 43.0 Å². The van der Waals surface area contributed by atoms with Crippen molar-refractivity contribution in [3.05, 3.63) is 53.4 Å². The maximum absolute atomic E-state index is 12.8. The molecular weight excluding hydrogens is 300 g/mol. The maximum atomic E-state index is 12.8. The highest BCUT2D eigenvalue weighted by Gasteiger charge is 2.27. The molecular formula is C20H26N2O2. The predicted octanol–water partition coefficient (Wildman–Crippen LogP) is 4.07. The highest BCUT2D eigenvalue weighted by Crippen LogP contribution is 2.25. The third-order valence-corrected chi connectivity index (χ3v) is 4.79. The van der Waals surface area contributed by atoms with E-state index in [1.54, 1.807) is 6.26 Å². The zero-order chi connectivity index (χ0) is 17.2. The van der Waals surface area contributed by atoms with Crippen molar-refractivity contribution in [2.45, 2.75) is 45.6 Å². The van der Waals surface area contributed by atoms with Gasteiger partial charge in [-0.15, -0.1) is 0 Å². The summed E-state index contributed by atoms with van der Waals surface area (Å²) in [6, 6.07) is 10.0. The summed E-state index contributed by atoms with van der Waals surface area (Å²) in [5, 5.41) is 3.97. The van der Waals surface area contributed by atoms with E-state index >= 15 is 0 Å². The zero-order valence-electron chi connectivity index (χ0n) is 14.8. The van der Waals surface area contributed by atoms with Crippen LogP contribution in [0.2, 0.25) is 0 Å². The van der Waals surface area contributed by atoms with Gasteiger partial charge in [-0.3, -0.25) is 9.69 Å². The SMILES string of the molecule is CC(C)(C)c1ccc(C(=O)[C@@H]2CCCN(Cc3ccon3)C2)cc1. The molecule has 1 atom stereocenters. The Bertz CT molecular complexity index is 669. The Labute approximate surface area is 143 Å². The summed E-state index contributed by atoms with van der Waals surface area (Å²) >= 11 is 0. The van der Waals surface area contributed by atoms with Gasteiger partial charge < -0.3 is 4.52 Å². The predicted molar refractivity (Wildman–Crippen MR) is 94.0 cm³/mol. The van der Waals surface area contributed by atoms with Crippen molar-refractivity contribution in [1.29, 1.82) is 0 Å². The average molecular weight is 326 g/mol. The highest BCUT2D eigenvalue weighted by atomic mass is 16.5. The normalized spacial score (nSPS) is 19.4. The van der Waals surface area contributed by atoms with Crippen LogP contribution in [-0.2, 0) is 12.0 Å². The first-order valence-corrected chi connectivity index (χ1v) is 8.70. The molecule has 0 spiro atoms. The molecule has 0 aliphatic carbocycles. The Morgan fingerprint density at radius 1 is 1.25 bits per heavy atom. The molecule has 2 heterocycles. The van der Waals surface area contributed by atoms with Gasteiger partial charge in [0.25, 0.3) is 0 Å². The number of hydrogen-bond acceptors (Lipinski definition) is 4. The van der Waals surface area contributed by atoms with E-state index in [-0.39, 0.29) is 17.1 Å². The smallest absolute Gasteiger partial charge is 0.167 e. The Kier molecular flexibility index (Phi) is 4.86. The molecule has 0 unspecified atom stereocenters. The molecule has 0 N–H and O–H groups in total. The van der Waals surface area contributed by atoms with Crippen molar-refractivity contribution in [2.75, 3.05) is 13.1 Å². The number of Topliss-reactive ketones (excluding diaryl/α,β-unsaturated/α-hetero) is 1. The standard InChI is InChI=1S/C20H26N2O2/c1-20(2,3)17-8-6-15(7-9-17)19(23)16-5-4-11-22(13-16)14-18-10-12-24-21-18/h6-10,12,16H,4-5,11,13-14H2,1-3H3/t16-/m1/s1. The molecule has 128 valence electrons. The van der Waals surface area contributed by atoms with E-state index in [4.69, 9.17) is 4.52 Å². The third kappa shape index (κ3) is 3.93. The molecule has 0 bridgehead atoms. The van der Waals surface area contributed by atoms with Gasteiger partial charge in [0.2, 0.25) is 0 Å². The minimum atomic E-state index is 0.0751. The van der Waals surface area contributed by atoms with Gasteiger partial charge in [-0.1, -0.05) is 50.2 Å². The van der Waals surface area contributed by atoms with Gasteiger partial charge >= 0.3 is 0 Å². The average Bonchev–Trinajstić information content (AvgIpc) is 3.07. The zero-order valence-corrected chi connectivity index (χ0v) is 14.8. The Morgan fingerprint density at radius 3 is 2.62 bits per heavy atom. The van der Waals surface area contributed by atoms with Crippen LogP contribution in [0.25, 0.3) is 0 Å². The summed E-state index contributed by atoms with van der Waals surface area (Å²) in [6.07, 6.45) is 3.61. The largest absolute Gasteiger partial charge is 0.364 e. The number of nitrogens with zero attached hydrogens (tertiary/aromatic N) is 2. The van der Waals surface area contributed by atoms with Crippen molar-refractivity contribution in [3.63, 3.8) is 0 Å². The quantitative estimate of drug-likeness (QED) is 0.795. The molecule has 1 aromatic carbocycles. The van der Waals surface area contributed by atoms with Crippen LogP contribution < -0.4 is 0 Å². The molecule has 2 aromatic rings. The molecule has 1 aliphatic heterocycles. The van der Waals surface area contributed by atoms with Crippen LogP contribution in [-0.4, -0.2) is 28.9 Å². The highest BCUT2D eigenvalue weighted by molar-refractivity contribution is 5.98. The van der Waals surface area contributed by atoms with E-state index in [0.717, 1.165) is 43.7 Å². The molecule has 1 fully saturated rings. The number of aromatic nitrogens is 1. The molecule has 0 saturated carbocycles. The summed E-state index contributed by atoms with van der Waals surface area (Å²) < 4.78 is 4.89. The van der Waals surface area contributed by atoms with Crippen LogP contribution in [0.5, 0.6) is 0 Å². The number of carbonyl (C=O) groups is 1. The number of carbonyl (C=O) groups excluding carboxylic acids is 1. The lowest BCUT2D eigenvalue weighted by Crippen LogP contribution is -2.38. The fraction of sp³-hybridized carbons (Fsp3) is 0.500. The van der Waals surface area contributed by atoms with E-state index in [1.807, 2.05) is 18.2 Å². The van der Waals surface area contributed by atoms with Crippen LogP contribution in [0.3, 0.4) is 0 Å². The van der Waals surface area contributed by atoms with E-state index in [0.29, 0.717) is 0 Å². The lowest BCUT2D eigenvalue weighted by Gasteiger charge is -2.31. The van der Waals surface area contributed by atoms with Crippen LogP contribution >= 0.6 is 0 Å². The van der Waals surface area contributed by atoms with Crippen molar-refractivity contribution in [2.24, 2.45) is 5.92 Å². The maximum Gasteiger partial charge on any atom is 0.167 e. The second-order valence-corrected chi connectivity index (χ2v) is 7.76. The van der Waals surface area contributed by atoms with Gasteiger partial charge in [-0.2, -0.15) is 0 Å². The van der Waals surface area contributed by atoms with Crippen LogP contribution in [0.1, 0.15) is 55.2 Å². The molecule has 1 aromatic heterocycles. The number of hydrogen-bond donors (Lipinski definition) is 0. The second-order valence-electron chi connectivity index (χ2n) is 7.76. The summed E-state index contributed by atoms with van der Waals surface area (Å²) in [6.45, 7) is 9.13. The van der Waals surface area contributed by atoms with Gasteiger partial charge in [0, 0.05) is 30.6 Å².